The molecule has 0 spiro atoms. The van der Waals surface area contributed by atoms with Gasteiger partial charge in [0.05, 0.1) is 0 Å². The number of hydrogen-bond donors (Lipinski definition) is 2. The number of nitrogens with zero attached hydrogens (tertiary/aromatic N) is 1. The third-order valence-corrected chi connectivity index (χ3v) is 4.46. The number of halogens is 2. The number of rotatable bonds is 5. The maximum atomic E-state index is 13.5. The second kappa shape index (κ2) is 6.78. The molecule has 1 aliphatic rings. The monoisotopic (exact) mass is 353 g/mol. The predicted molar refractivity (Wildman–Crippen MR) is 86.4 cm³/mol. The predicted octanol–water partition coefficient (Wildman–Crippen LogP) is 1.89. The van der Waals surface area contributed by atoms with Crippen molar-refractivity contribution in [3.63, 3.8) is 0 Å². The topological polar surface area (TPSA) is 78.5 Å². The first-order valence-electron chi connectivity index (χ1n) is 7.95. The summed E-state index contributed by atoms with van der Waals surface area (Å²) in [6, 6.07) is 2.09. The van der Waals surface area contributed by atoms with Crippen molar-refractivity contribution in [1.82, 2.24) is 15.5 Å². The van der Waals surface area contributed by atoms with Crippen LogP contribution in [0.1, 0.15) is 33.3 Å². The SMILES string of the molecule is CC(C)[C@@H](C)NC(=O)CN1C(=O)N[C@@](C)(c2ccc(F)c(F)c2)C1=O. The number of imide groups is 1. The molecular weight excluding hydrogens is 332 g/mol. The fourth-order valence-electron chi connectivity index (χ4n) is 2.45. The van der Waals surface area contributed by atoms with Crippen LogP contribution >= 0.6 is 0 Å². The number of urea groups is 1. The van der Waals surface area contributed by atoms with E-state index in [2.05, 4.69) is 10.6 Å². The van der Waals surface area contributed by atoms with Gasteiger partial charge in [-0.25, -0.2) is 13.6 Å². The molecule has 0 saturated carbocycles. The van der Waals surface area contributed by atoms with Crippen molar-refractivity contribution in [3.8, 4) is 0 Å². The molecule has 1 aliphatic heterocycles. The standard InChI is InChI=1S/C17H21F2N3O3/c1-9(2)10(3)20-14(23)8-22-15(24)17(4,21-16(22)25)11-5-6-12(18)13(19)7-11/h5-7,9-10H,8H2,1-4H3,(H,20,23)(H,21,25)/t10-,17+/m1/s1. The van der Waals surface area contributed by atoms with E-state index in [1.165, 1.54) is 13.0 Å². The maximum Gasteiger partial charge on any atom is 0.325 e. The van der Waals surface area contributed by atoms with Gasteiger partial charge in [0, 0.05) is 6.04 Å². The molecule has 0 radical (unpaired) electrons. The summed E-state index contributed by atoms with van der Waals surface area (Å²) in [6.45, 7) is 6.62. The van der Waals surface area contributed by atoms with E-state index in [1.54, 1.807) is 0 Å². The summed E-state index contributed by atoms with van der Waals surface area (Å²) < 4.78 is 26.6. The highest BCUT2D eigenvalue weighted by Crippen LogP contribution is 2.29. The number of carbonyl (C=O) groups excluding carboxylic acids is 3. The van der Waals surface area contributed by atoms with Gasteiger partial charge in [-0.2, -0.15) is 0 Å². The molecule has 0 unspecified atom stereocenters. The zero-order chi connectivity index (χ0) is 18.9. The van der Waals surface area contributed by atoms with Crippen molar-refractivity contribution < 1.29 is 23.2 Å². The Labute approximate surface area is 144 Å². The molecule has 0 aliphatic carbocycles. The van der Waals surface area contributed by atoms with Gasteiger partial charge in [0.2, 0.25) is 5.91 Å². The second-order valence-corrected chi connectivity index (χ2v) is 6.68. The third-order valence-electron chi connectivity index (χ3n) is 4.46. The van der Waals surface area contributed by atoms with Crippen molar-refractivity contribution in [2.75, 3.05) is 6.54 Å². The largest absolute Gasteiger partial charge is 0.352 e. The molecule has 136 valence electrons. The highest BCUT2D eigenvalue weighted by molar-refractivity contribution is 6.09. The number of amides is 4. The van der Waals surface area contributed by atoms with Crippen LogP contribution in [-0.2, 0) is 15.1 Å². The van der Waals surface area contributed by atoms with Gasteiger partial charge in [0.15, 0.2) is 11.6 Å². The van der Waals surface area contributed by atoms with E-state index in [0.717, 1.165) is 17.0 Å². The van der Waals surface area contributed by atoms with E-state index in [0.29, 0.717) is 0 Å². The van der Waals surface area contributed by atoms with Gasteiger partial charge in [0.25, 0.3) is 5.91 Å². The summed E-state index contributed by atoms with van der Waals surface area (Å²) >= 11 is 0. The van der Waals surface area contributed by atoms with Crippen LogP contribution in [0.2, 0.25) is 0 Å². The molecule has 2 rings (SSSR count). The quantitative estimate of drug-likeness (QED) is 0.794. The minimum Gasteiger partial charge on any atom is -0.352 e. The molecule has 6 nitrogen and oxygen atoms in total. The molecular formula is C17H21F2N3O3. The second-order valence-electron chi connectivity index (χ2n) is 6.68. The highest BCUT2D eigenvalue weighted by Gasteiger charge is 2.49. The van der Waals surface area contributed by atoms with Crippen molar-refractivity contribution in [2.45, 2.75) is 39.3 Å². The Balaban J connectivity index is 2.18. The van der Waals surface area contributed by atoms with E-state index in [4.69, 9.17) is 0 Å². The van der Waals surface area contributed by atoms with Gasteiger partial charge >= 0.3 is 6.03 Å². The number of hydrogen-bond acceptors (Lipinski definition) is 3. The first kappa shape index (κ1) is 18.8. The average molecular weight is 353 g/mol. The first-order chi connectivity index (χ1) is 11.6. The number of nitrogens with one attached hydrogen (secondary N) is 2. The summed E-state index contributed by atoms with van der Waals surface area (Å²) in [5.41, 5.74) is -1.46. The Bertz CT molecular complexity index is 723. The van der Waals surface area contributed by atoms with Crippen LogP contribution in [-0.4, -0.2) is 35.3 Å². The molecule has 1 aromatic rings. The van der Waals surface area contributed by atoms with Crippen LogP contribution in [0.4, 0.5) is 13.6 Å². The fourth-order valence-corrected chi connectivity index (χ4v) is 2.45. The van der Waals surface area contributed by atoms with Gasteiger partial charge in [-0.3, -0.25) is 14.5 Å². The van der Waals surface area contributed by atoms with Crippen LogP contribution in [0.15, 0.2) is 18.2 Å². The van der Waals surface area contributed by atoms with Gasteiger partial charge in [-0.15, -0.1) is 0 Å². The molecule has 0 bridgehead atoms. The third kappa shape index (κ3) is 3.62. The fraction of sp³-hybridized carbons (Fsp3) is 0.471. The van der Waals surface area contributed by atoms with Crippen LogP contribution in [0.3, 0.4) is 0 Å². The lowest BCUT2D eigenvalue weighted by Gasteiger charge is -2.23. The minimum atomic E-state index is -1.56. The molecule has 1 aromatic carbocycles. The van der Waals surface area contributed by atoms with Crippen LogP contribution in [0.5, 0.6) is 0 Å². The van der Waals surface area contributed by atoms with E-state index in [9.17, 15) is 23.2 Å². The van der Waals surface area contributed by atoms with Crippen molar-refractivity contribution >= 4 is 17.8 Å². The van der Waals surface area contributed by atoms with E-state index >= 15 is 0 Å². The zero-order valence-corrected chi connectivity index (χ0v) is 14.5. The Kier molecular flexibility index (Phi) is 5.10. The van der Waals surface area contributed by atoms with Gasteiger partial charge < -0.3 is 10.6 Å². The molecule has 1 heterocycles. The Hall–Kier alpha value is -2.51. The molecule has 4 amide bonds. The first-order valence-corrected chi connectivity index (χ1v) is 7.95. The number of carbonyl (C=O) groups is 3. The summed E-state index contributed by atoms with van der Waals surface area (Å²) in [6.07, 6.45) is 0. The van der Waals surface area contributed by atoms with E-state index in [1.807, 2.05) is 20.8 Å². The molecule has 8 heteroatoms. The Morgan fingerprint density at radius 3 is 2.44 bits per heavy atom. The van der Waals surface area contributed by atoms with Gasteiger partial charge in [-0.1, -0.05) is 19.9 Å². The zero-order valence-electron chi connectivity index (χ0n) is 14.5. The Morgan fingerprint density at radius 2 is 1.88 bits per heavy atom. The Morgan fingerprint density at radius 1 is 1.24 bits per heavy atom. The summed E-state index contributed by atoms with van der Waals surface area (Å²) in [5.74, 6) is -3.15. The van der Waals surface area contributed by atoms with Crippen molar-refractivity contribution in [1.29, 1.82) is 0 Å². The minimum absolute atomic E-state index is 0.100. The lowest BCUT2D eigenvalue weighted by Crippen LogP contribution is -2.46. The lowest BCUT2D eigenvalue weighted by atomic mass is 9.92. The molecule has 2 atom stereocenters. The smallest absolute Gasteiger partial charge is 0.325 e. The highest BCUT2D eigenvalue weighted by atomic mass is 19.2. The average Bonchev–Trinajstić information content (AvgIpc) is 2.74. The summed E-state index contributed by atoms with van der Waals surface area (Å²) in [4.78, 5) is 37.6. The molecule has 1 saturated heterocycles. The number of benzene rings is 1. The molecule has 1 fully saturated rings. The molecule has 2 N–H and O–H groups in total. The van der Waals surface area contributed by atoms with Crippen molar-refractivity contribution in [3.05, 3.63) is 35.4 Å². The normalized spacial score (nSPS) is 21.5. The maximum absolute atomic E-state index is 13.5. The van der Waals surface area contributed by atoms with Crippen molar-refractivity contribution in [2.24, 2.45) is 5.92 Å². The lowest BCUT2D eigenvalue weighted by molar-refractivity contribution is -0.135. The van der Waals surface area contributed by atoms with E-state index < -0.39 is 41.6 Å². The van der Waals surface area contributed by atoms with Crippen LogP contribution < -0.4 is 10.6 Å². The van der Waals surface area contributed by atoms with E-state index in [-0.39, 0.29) is 17.5 Å². The van der Waals surface area contributed by atoms with Crippen LogP contribution in [0, 0.1) is 17.6 Å². The van der Waals surface area contributed by atoms with Gasteiger partial charge in [-0.05, 0) is 37.5 Å². The molecule has 25 heavy (non-hydrogen) atoms. The summed E-state index contributed by atoms with van der Waals surface area (Å²) in [7, 11) is 0. The summed E-state index contributed by atoms with van der Waals surface area (Å²) in [5, 5.41) is 5.15. The van der Waals surface area contributed by atoms with Crippen LogP contribution in [0.25, 0.3) is 0 Å². The van der Waals surface area contributed by atoms with Gasteiger partial charge in [0.1, 0.15) is 12.1 Å². The molecule has 0 aromatic heterocycles.